The van der Waals surface area contributed by atoms with Crippen molar-refractivity contribution in [3.63, 3.8) is 0 Å². The maximum Gasteiger partial charge on any atom is 0.227 e. The fourth-order valence-electron chi connectivity index (χ4n) is 5.77. The molecular weight excluding hydrogens is 436 g/mol. The zero-order valence-electron chi connectivity index (χ0n) is 17.2. The average molecular weight is 461 g/mol. The first-order valence-corrected chi connectivity index (χ1v) is 12.6. The molecule has 4 heterocycles. The van der Waals surface area contributed by atoms with Gasteiger partial charge in [-0.25, -0.2) is 15.0 Å². The van der Waals surface area contributed by atoms with E-state index in [1.807, 2.05) is 0 Å². The summed E-state index contributed by atoms with van der Waals surface area (Å²) in [6.45, 7) is 1.91. The van der Waals surface area contributed by atoms with Gasteiger partial charge in [0, 0.05) is 31.4 Å². The predicted octanol–water partition coefficient (Wildman–Crippen LogP) is 2.35. The minimum absolute atomic E-state index is 0.0744. The molecule has 0 amide bonds. The van der Waals surface area contributed by atoms with Crippen LogP contribution in [0, 0.1) is 11.8 Å². The highest BCUT2D eigenvalue weighted by atomic mass is 35.5. The Morgan fingerprint density at radius 3 is 2.45 bits per heavy atom. The van der Waals surface area contributed by atoms with E-state index in [-0.39, 0.29) is 12.1 Å². The van der Waals surface area contributed by atoms with Crippen LogP contribution in [0.4, 0.5) is 11.8 Å². The van der Waals surface area contributed by atoms with Crippen molar-refractivity contribution in [1.82, 2.24) is 19.9 Å². The van der Waals surface area contributed by atoms with E-state index in [1.54, 1.807) is 18.6 Å². The zero-order valence-corrected chi connectivity index (χ0v) is 18.7. The lowest BCUT2D eigenvalue weighted by Gasteiger charge is -2.47. The Bertz CT molecular complexity index is 1010. The van der Waals surface area contributed by atoms with E-state index >= 15 is 0 Å². The highest BCUT2D eigenvalue weighted by molar-refractivity contribution is 7.85. The van der Waals surface area contributed by atoms with Crippen molar-refractivity contribution in [1.29, 1.82) is 0 Å². The van der Waals surface area contributed by atoms with Crippen LogP contribution in [0.15, 0.2) is 23.5 Å². The lowest BCUT2D eigenvalue weighted by atomic mass is 9.76. The molecule has 2 aromatic heterocycles. The molecule has 2 unspecified atom stereocenters. The van der Waals surface area contributed by atoms with Gasteiger partial charge < -0.3 is 14.9 Å². The Balaban J connectivity index is 1.20. The molecule has 0 spiro atoms. The van der Waals surface area contributed by atoms with Crippen LogP contribution in [0.3, 0.4) is 0 Å². The van der Waals surface area contributed by atoms with Crippen molar-refractivity contribution < 1.29 is 9.32 Å². The van der Waals surface area contributed by atoms with Crippen LogP contribution >= 0.6 is 11.6 Å². The second-order valence-corrected chi connectivity index (χ2v) is 11.2. The lowest BCUT2D eigenvalue weighted by Crippen LogP contribution is -2.56. The molecule has 1 N–H and O–H groups in total. The fourth-order valence-corrected chi connectivity index (χ4v) is 7.17. The normalized spacial score (nSPS) is 30.9. The summed E-state index contributed by atoms with van der Waals surface area (Å²) in [5.41, 5.74) is -0.306. The van der Waals surface area contributed by atoms with Crippen molar-refractivity contribution in [2.24, 2.45) is 11.8 Å². The van der Waals surface area contributed by atoms with Gasteiger partial charge in [-0.15, -0.1) is 0 Å². The maximum atomic E-state index is 12.6. The van der Waals surface area contributed by atoms with Crippen molar-refractivity contribution >= 4 is 34.2 Å². The smallest absolute Gasteiger partial charge is 0.227 e. The molecule has 6 rings (SSSR count). The molecule has 2 aliphatic heterocycles. The van der Waals surface area contributed by atoms with E-state index in [4.69, 9.17) is 16.6 Å². The molecule has 0 bridgehead atoms. The first-order chi connectivity index (χ1) is 15.1. The molecule has 2 aliphatic carbocycles. The zero-order chi connectivity index (χ0) is 21.2. The molecular formula is C21H25ClN6O2S. The van der Waals surface area contributed by atoms with Gasteiger partial charge in [0.05, 0.1) is 34.2 Å². The SMILES string of the molecule is O=[S@]1CN(C2(CO)CCC2)c2nc(N3CC4CC(c5ncc(Cl)cn5)CC4C3)ncc21. The molecule has 4 aliphatic rings. The van der Waals surface area contributed by atoms with E-state index in [1.165, 1.54) is 0 Å². The van der Waals surface area contributed by atoms with E-state index in [0.717, 1.165) is 56.8 Å². The molecule has 1 saturated heterocycles. The maximum absolute atomic E-state index is 12.6. The van der Waals surface area contributed by atoms with Gasteiger partial charge >= 0.3 is 0 Å². The van der Waals surface area contributed by atoms with Gasteiger partial charge in [-0.3, -0.25) is 4.21 Å². The largest absolute Gasteiger partial charge is 0.394 e. The van der Waals surface area contributed by atoms with Crippen molar-refractivity contribution in [3.8, 4) is 0 Å². The number of aliphatic hydroxyl groups is 1. The summed E-state index contributed by atoms with van der Waals surface area (Å²) in [5, 5.41) is 10.6. The number of hydrogen-bond donors (Lipinski definition) is 1. The minimum Gasteiger partial charge on any atom is -0.394 e. The summed E-state index contributed by atoms with van der Waals surface area (Å²) in [4.78, 5) is 23.3. The van der Waals surface area contributed by atoms with Gasteiger partial charge in [-0.05, 0) is 43.9 Å². The third kappa shape index (κ3) is 3.15. The topological polar surface area (TPSA) is 95.3 Å². The third-order valence-corrected chi connectivity index (χ3v) is 9.13. The van der Waals surface area contributed by atoms with E-state index in [0.29, 0.717) is 39.5 Å². The van der Waals surface area contributed by atoms with Gasteiger partial charge in [0.2, 0.25) is 5.95 Å². The number of halogens is 1. The summed E-state index contributed by atoms with van der Waals surface area (Å²) in [6.07, 6.45) is 10.2. The van der Waals surface area contributed by atoms with Crippen LogP contribution in [0.1, 0.15) is 43.8 Å². The predicted molar refractivity (Wildman–Crippen MR) is 118 cm³/mol. The first kappa shape index (κ1) is 19.8. The van der Waals surface area contributed by atoms with E-state index in [9.17, 15) is 9.32 Å². The monoisotopic (exact) mass is 460 g/mol. The number of hydrogen-bond acceptors (Lipinski definition) is 8. The van der Waals surface area contributed by atoms with Crippen molar-refractivity contribution in [2.75, 3.05) is 35.4 Å². The first-order valence-electron chi connectivity index (χ1n) is 10.9. The number of anilines is 2. The number of nitrogens with zero attached hydrogens (tertiary/aromatic N) is 6. The highest BCUT2D eigenvalue weighted by Gasteiger charge is 2.48. The summed E-state index contributed by atoms with van der Waals surface area (Å²) >= 11 is 5.93. The summed E-state index contributed by atoms with van der Waals surface area (Å²) in [7, 11) is -1.14. The van der Waals surface area contributed by atoms with Crippen LogP contribution < -0.4 is 9.80 Å². The van der Waals surface area contributed by atoms with Crippen LogP contribution in [0.2, 0.25) is 5.02 Å². The third-order valence-electron chi connectivity index (χ3n) is 7.66. The Labute approximate surface area is 188 Å². The molecule has 3 atom stereocenters. The molecule has 0 radical (unpaired) electrons. The van der Waals surface area contributed by atoms with Gasteiger partial charge in [-0.2, -0.15) is 4.98 Å². The minimum atomic E-state index is -1.14. The van der Waals surface area contributed by atoms with Crippen LogP contribution in [0.5, 0.6) is 0 Å². The van der Waals surface area contributed by atoms with Gasteiger partial charge in [0.15, 0.2) is 5.82 Å². The van der Waals surface area contributed by atoms with Crippen LogP contribution in [0.25, 0.3) is 0 Å². The molecule has 0 aromatic carbocycles. The molecule has 8 nitrogen and oxygen atoms in total. The quantitative estimate of drug-likeness (QED) is 0.742. The van der Waals surface area contributed by atoms with Crippen molar-refractivity contribution in [3.05, 3.63) is 29.4 Å². The average Bonchev–Trinajstić information content (AvgIpc) is 3.40. The van der Waals surface area contributed by atoms with Gasteiger partial charge in [-0.1, -0.05) is 11.6 Å². The Morgan fingerprint density at radius 2 is 1.84 bits per heavy atom. The van der Waals surface area contributed by atoms with Gasteiger partial charge in [0.25, 0.3) is 0 Å². The number of aromatic nitrogens is 4. The molecule has 31 heavy (non-hydrogen) atoms. The number of rotatable bonds is 4. The molecule has 2 aromatic rings. The van der Waals surface area contributed by atoms with Crippen molar-refractivity contribution in [2.45, 2.75) is 48.5 Å². The second kappa shape index (κ2) is 7.35. The number of aliphatic hydroxyl groups excluding tert-OH is 1. The second-order valence-electron chi connectivity index (χ2n) is 9.35. The highest BCUT2D eigenvalue weighted by Crippen LogP contribution is 2.47. The number of fused-ring (bicyclic) bond motifs is 2. The molecule has 164 valence electrons. The standard InChI is InChI=1S/C21H25ClN6O2S/c22-16-6-23-18(24-7-16)13-4-14-9-27(10-15(14)5-13)20-25-8-17-19(26-20)28(12-31(17)30)21(11-29)2-1-3-21/h6-8,13-15,29H,1-5,9-12H2/t13?,14?,15?,31-/m0/s1. The van der Waals surface area contributed by atoms with Crippen LogP contribution in [-0.2, 0) is 10.8 Å². The summed E-state index contributed by atoms with van der Waals surface area (Å²) < 4.78 is 12.6. The molecule has 2 saturated carbocycles. The Kier molecular flexibility index (Phi) is 4.70. The Morgan fingerprint density at radius 1 is 1.13 bits per heavy atom. The van der Waals surface area contributed by atoms with E-state index in [2.05, 4.69) is 24.8 Å². The summed E-state index contributed by atoms with van der Waals surface area (Å²) in [5.74, 6) is 4.29. The Hall–Kier alpha value is -1.84. The fraction of sp³-hybridized carbons (Fsp3) is 0.619. The molecule has 10 heteroatoms. The van der Waals surface area contributed by atoms with Crippen LogP contribution in [-0.4, -0.2) is 60.4 Å². The van der Waals surface area contributed by atoms with E-state index < -0.39 is 10.8 Å². The lowest BCUT2D eigenvalue weighted by molar-refractivity contribution is 0.119. The molecule has 3 fully saturated rings. The van der Waals surface area contributed by atoms with Gasteiger partial charge in [0.1, 0.15) is 16.6 Å². The summed E-state index contributed by atoms with van der Waals surface area (Å²) in [6, 6.07) is 0.